The van der Waals surface area contributed by atoms with E-state index in [-0.39, 0.29) is 30.7 Å². The van der Waals surface area contributed by atoms with Gasteiger partial charge < -0.3 is 10.6 Å². The van der Waals surface area contributed by atoms with E-state index in [0.717, 1.165) is 0 Å². The molecule has 1 aromatic carbocycles. The standard InChI is InChI=1S/C12H14FN3O2/c1-7-8(13)3-2-4-9(7)16-12(18)10-5-15-11(17)6-14-10/h2-4,10,14H,5-6H2,1H3,(H,15,17)(H,16,18). The van der Waals surface area contributed by atoms with Gasteiger partial charge in [-0.25, -0.2) is 4.39 Å². The van der Waals surface area contributed by atoms with Crippen molar-refractivity contribution < 1.29 is 14.0 Å². The van der Waals surface area contributed by atoms with Gasteiger partial charge in [0.2, 0.25) is 11.8 Å². The van der Waals surface area contributed by atoms with Gasteiger partial charge in [0, 0.05) is 17.8 Å². The molecule has 3 N–H and O–H groups in total. The molecule has 0 bridgehead atoms. The maximum atomic E-state index is 13.3. The highest BCUT2D eigenvalue weighted by Crippen LogP contribution is 2.17. The van der Waals surface area contributed by atoms with Crippen molar-refractivity contribution in [1.29, 1.82) is 0 Å². The van der Waals surface area contributed by atoms with Crippen LogP contribution >= 0.6 is 0 Å². The molecular formula is C12H14FN3O2. The molecule has 2 rings (SSSR count). The lowest BCUT2D eigenvalue weighted by molar-refractivity contribution is -0.124. The molecule has 1 aromatic rings. The molecule has 1 unspecified atom stereocenters. The van der Waals surface area contributed by atoms with Crippen molar-refractivity contribution in [3.63, 3.8) is 0 Å². The fourth-order valence-corrected chi connectivity index (χ4v) is 1.71. The molecular weight excluding hydrogens is 237 g/mol. The zero-order valence-electron chi connectivity index (χ0n) is 9.92. The van der Waals surface area contributed by atoms with Gasteiger partial charge >= 0.3 is 0 Å². The van der Waals surface area contributed by atoms with E-state index >= 15 is 0 Å². The predicted octanol–water partition coefficient (Wildman–Crippen LogP) is 0.161. The number of rotatable bonds is 2. The minimum absolute atomic E-state index is 0.111. The minimum Gasteiger partial charge on any atom is -0.353 e. The fourth-order valence-electron chi connectivity index (χ4n) is 1.71. The lowest BCUT2D eigenvalue weighted by atomic mass is 10.1. The number of amides is 2. The van der Waals surface area contributed by atoms with Crippen LogP contribution in [-0.2, 0) is 9.59 Å². The Hall–Kier alpha value is -1.95. The normalized spacial score (nSPS) is 19.2. The molecule has 0 spiro atoms. The molecule has 18 heavy (non-hydrogen) atoms. The van der Waals surface area contributed by atoms with Crippen molar-refractivity contribution in [3.05, 3.63) is 29.6 Å². The highest BCUT2D eigenvalue weighted by atomic mass is 19.1. The van der Waals surface area contributed by atoms with E-state index in [1.165, 1.54) is 12.1 Å². The first kappa shape index (κ1) is 12.5. The number of carbonyl (C=O) groups is 2. The molecule has 1 fully saturated rings. The second kappa shape index (κ2) is 5.14. The van der Waals surface area contributed by atoms with Crippen LogP contribution in [0.4, 0.5) is 10.1 Å². The zero-order valence-corrected chi connectivity index (χ0v) is 9.92. The molecule has 0 aliphatic carbocycles. The monoisotopic (exact) mass is 251 g/mol. The van der Waals surface area contributed by atoms with E-state index in [1.54, 1.807) is 13.0 Å². The number of benzene rings is 1. The summed E-state index contributed by atoms with van der Waals surface area (Å²) in [6.45, 7) is 1.94. The van der Waals surface area contributed by atoms with Gasteiger partial charge in [-0.3, -0.25) is 14.9 Å². The number of hydrogen-bond donors (Lipinski definition) is 3. The van der Waals surface area contributed by atoms with Crippen LogP contribution in [0.3, 0.4) is 0 Å². The zero-order chi connectivity index (χ0) is 13.1. The summed E-state index contributed by atoms with van der Waals surface area (Å²) >= 11 is 0. The molecule has 1 atom stereocenters. The second-order valence-electron chi connectivity index (χ2n) is 4.14. The van der Waals surface area contributed by atoms with Crippen molar-refractivity contribution in [2.24, 2.45) is 0 Å². The lowest BCUT2D eigenvalue weighted by Gasteiger charge is -2.23. The highest BCUT2D eigenvalue weighted by molar-refractivity contribution is 5.97. The van der Waals surface area contributed by atoms with E-state index in [1.807, 2.05) is 0 Å². The number of carbonyl (C=O) groups excluding carboxylic acids is 2. The van der Waals surface area contributed by atoms with Crippen LogP contribution in [0.5, 0.6) is 0 Å². The van der Waals surface area contributed by atoms with Gasteiger partial charge in [-0.2, -0.15) is 0 Å². The summed E-state index contributed by atoms with van der Waals surface area (Å²) in [6.07, 6.45) is 0. The smallest absolute Gasteiger partial charge is 0.243 e. The largest absolute Gasteiger partial charge is 0.353 e. The number of hydrogen-bond acceptors (Lipinski definition) is 3. The Kier molecular flexibility index (Phi) is 3.57. The van der Waals surface area contributed by atoms with Crippen LogP contribution in [0, 0.1) is 12.7 Å². The maximum absolute atomic E-state index is 13.3. The van der Waals surface area contributed by atoms with E-state index < -0.39 is 6.04 Å². The van der Waals surface area contributed by atoms with Gasteiger partial charge in [0.25, 0.3) is 0 Å². The van der Waals surface area contributed by atoms with Crippen LogP contribution in [-0.4, -0.2) is 30.9 Å². The van der Waals surface area contributed by atoms with E-state index in [0.29, 0.717) is 11.3 Å². The molecule has 1 aliphatic heterocycles. The minimum atomic E-state index is -0.495. The number of anilines is 1. The Labute approximate surface area is 104 Å². The number of piperazine rings is 1. The van der Waals surface area contributed by atoms with Crippen molar-refractivity contribution in [3.8, 4) is 0 Å². The Morgan fingerprint density at radius 3 is 2.94 bits per heavy atom. The van der Waals surface area contributed by atoms with Crippen molar-refractivity contribution >= 4 is 17.5 Å². The molecule has 96 valence electrons. The van der Waals surface area contributed by atoms with Crippen LogP contribution in [0.1, 0.15) is 5.56 Å². The lowest BCUT2D eigenvalue weighted by Crippen LogP contribution is -2.56. The first-order valence-electron chi connectivity index (χ1n) is 5.64. The van der Waals surface area contributed by atoms with Gasteiger partial charge in [0.05, 0.1) is 6.54 Å². The summed E-state index contributed by atoms with van der Waals surface area (Å²) in [6, 6.07) is 4.01. The summed E-state index contributed by atoms with van der Waals surface area (Å²) in [5.74, 6) is -0.789. The van der Waals surface area contributed by atoms with E-state index in [2.05, 4.69) is 16.0 Å². The Bertz CT molecular complexity index is 480. The number of nitrogens with one attached hydrogen (secondary N) is 3. The molecule has 1 aliphatic rings. The van der Waals surface area contributed by atoms with Gasteiger partial charge in [-0.05, 0) is 19.1 Å². The molecule has 0 radical (unpaired) electrons. The summed E-state index contributed by atoms with van der Waals surface area (Å²) in [4.78, 5) is 22.8. The van der Waals surface area contributed by atoms with Crippen molar-refractivity contribution in [2.45, 2.75) is 13.0 Å². The highest BCUT2D eigenvalue weighted by Gasteiger charge is 2.24. The molecule has 2 amide bonds. The fraction of sp³-hybridized carbons (Fsp3) is 0.333. The Morgan fingerprint density at radius 1 is 1.50 bits per heavy atom. The van der Waals surface area contributed by atoms with Gasteiger partial charge in [0.15, 0.2) is 0 Å². The maximum Gasteiger partial charge on any atom is 0.243 e. The van der Waals surface area contributed by atoms with E-state index in [4.69, 9.17) is 0 Å². The third-order valence-electron chi connectivity index (χ3n) is 2.85. The van der Waals surface area contributed by atoms with Gasteiger partial charge in [0.1, 0.15) is 11.9 Å². The van der Waals surface area contributed by atoms with Crippen molar-refractivity contribution in [2.75, 3.05) is 18.4 Å². The van der Waals surface area contributed by atoms with Crippen LogP contribution < -0.4 is 16.0 Å². The predicted molar refractivity (Wildman–Crippen MR) is 64.6 cm³/mol. The summed E-state index contributed by atoms with van der Waals surface area (Å²) < 4.78 is 13.3. The Balaban J connectivity index is 2.03. The molecule has 0 saturated carbocycles. The average molecular weight is 251 g/mol. The van der Waals surface area contributed by atoms with E-state index in [9.17, 15) is 14.0 Å². The summed E-state index contributed by atoms with van der Waals surface area (Å²) in [5.41, 5.74) is 0.837. The van der Waals surface area contributed by atoms with Crippen molar-refractivity contribution in [1.82, 2.24) is 10.6 Å². The molecule has 1 heterocycles. The summed E-state index contributed by atoms with van der Waals surface area (Å²) in [7, 11) is 0. The second-order valence-corrected chi connectivity index (χ2v) is 4.14. The summed E-state index contributed by atoms with van der Waals surface area (Å²) in [5, 5.41) is 8.04. The first-order chi connectivity index (χ1) is 8.58. The topological polar surface area (TPSA) is 70.2 Å². The first-order valence-corrected chi connectivity index (χ1v) is 5.64. The molecule has 5 nitrogen and oxygen atoms in total. The average Bonchev–Trinajstić information content (AvgIpc) is 2.36. The van der Waals surface area contributed by atoms with Gasteiger partial charge in [-0.1, -0.05) is 6.07 Å². The third-order valence-corrected chi connectivity index (χ3v) is 2.85. The van der Waals surface area contributed by atoms with Crippen LogP contribution in [0.2, 0.25) is 0 Å². The third kappa shape index (κ3) is 2.65. The molecule has 0 aromatic heterocycles. The molecule has 6 heteroatoms. The quantitative estimate of drug-likeness (QED) is 0.701. The number of halogens is 1. The van der Waals surface area contributed by atoms with Crippen LogP contribution in [0.25, 0.3) is 0 Å². The van der Waals surface area contributed by atoms with Gasteiger partial charge in [-0.15, -0.1) is 0 Å². The SMILES string of the molecule is Cc1c(F)cccc1NC(=O)C1CNC(=O)CN1. The molecule has 1 saturated heterocycles. The van der Waals surface area contributed by atoms with Crippen LogP contribution in [0.15, 0.2) is 18.2 Å². The Morgan fingerprint density at radius 2 is 2.28 bits per heavy atom.